The predicted octanol–water partition coefficient (Wildman–Crippen LogP) is 7.06. The molecule has 0 spiro atoms. The fourth-order valence-corrected chi connectivity index (χ4v) is 6.82. The van der Waals surface area contributed by atoms with Gasteiger partial charge in [-0.15, -0.1) is 0 Å². The molecule has 0 heterocycles. The summed E-state index contributed by atoms with van der Waals surface area (Å²) < 4.78 is 22.0. The minimum absolute atomic E-state index is 0.0738. The average molecular weight is 637 g/mol. The van der Waals surface area contributed by atoms with Gasteiger partial charge in [0.05, 0.1) is 26.4 Å². The van der Waals surface area contributed by atoms with Crippen molar-refractivity contribution in [2.75, 3.05) is 26.4 Å². The summed E-state index contributed by atoms with van der Waals surface area (Å²) in [5, 5.41) is 0. The first-order chi connectivity index (χ1) is 22.2. The second kappa shape index (κ2) is 18.5. The van der Waals surface area contributed by atoms with Gasteiger partial charge in [-0.1, -0.05) is 86.3 Å². The lowest BCUT2D eigenvalue weighted by atomic mass is 9.66. The zero-order valence-corrected chi connectivity index (χ0v) is 28.1. The molecule has 3 rings (SSSR count). The third-order valence-electron chi connectivity index (χ3n) is 9.27. The number of hydrogen-bond acceptors (Lipinski definition) is 8. The van der Waals surface area contributed by atoms with E-state index in [1.54, 1.807) is 27.7 Å². The van der Waals surface area contributed by atoms with Crippen LogP contribution in [0.15, 0.2) is 60.7 Å². The average Bonchev–Trinajstić information content (AvgIpc) is 3.07. The van der Waals surface area contributed by atoms with Gasteiger partial charge < -0.3 is 18.9 Å². The summed E-state index contributed by atoms with van der Waals surface area (Å²) in [6.07, 6.45) is 5.32. The number of ether oxygens (including phenoxy) is 4. The maximum atomic E-state index is 13.6. The van der Waals surface area contributed by atoms with Gasteiger partial charge in [-0.3, -0.25) is 19.2 Å². The number of carbonyl (C=O) groups is 4. The molecule has 1 saturated carbocycles. The van der Waals surface area contributed by atoms with Crippen molar-refractivity contribution in [3.63, 3.8) is 0 Å². The molecule has 1 fully saturated rings. The van der Waals surface area contributed by atoms with Crippen LogP contribution in [0.5, 0.6) is 0 Å². The van der Waals surface area contributed by atoms with E-state index in [0.29, 0.717) is 38.5 Å². The Morgan fingerprint density at radius 1 is 0.522 bits per heavy atom. The molecule has 2 aromatic rings. The summed E-state index contributed by atoms with van der Waals surface area (Å²) in [5.74, 6) is -1.98. The molecule has 0 aliphatic heterocycles. The smallest absolute Gasteiger partial charge is 0.323 e. The molecule has 0 radical (unpaired) electrons. The van der Waals surface area contributed by atoms with Crippen LogP contribution in [0.25, 0.3) is 0 Å². The van der Waals surface area contributed by atoms with E-state index in [0.717, 1.165) is 36.8 Å². The zero-order valence-electron chi connectivity index (χ0n) is 28.1. The van der Waals surface area contributed by atoms with E-state index in [2.05, 4.69) is 0 Å². The van der Waals surface area contributed by atoms with Gasteiger partial charge in [0, 0.05) is 0 Å². The van der Waals surface area contributed by atoms with E-state index in [1.165, 1.54) is 0 Å². The molecular weight excluding hydrogens is 584 g/mol. The van der Waals surface area contributed by atoms with Gasteiger partial charge in [0.1, 0.15) is 0 Å². The molecule has 0 unspecified atom stereocenters. The standard InChI is InChI=1S/C38H52O8/c1-5-43-33(39)37(34(40)44-6-2,25-23-29-15-11-9-12-16-29)27-31-19-21-32(22-20-31)28-38(35(41)45-7-3,36(42)46-8-4)26-24-30-17-13-10-14-18-30/h9-18,31-32H,5-8,19-28H2,1-4H3. The third kappa shape index (κ3) is 9.66. The quantitative estimate of drug-likeness (QED) is 0.0973. The van der Waals surface area contributed by atoms with Crippen molar-refractivity contribution in [3.8, 4) is 0 Å². The second-order valence-electron chi connectivity index (χ2n) is 12.3. The summed E-state index contributed by atoms with van der Waals surface area (Å²) in [4.78, 5) is 54.3. The summed E-state index contributed by atoms with van der Waals surface area (Å²) >= 11 is 0. The van der Waals surface area contributed by atoms with Crippen molar-refractivity contribution in [1.82, 2.24) is 0 Å². The number of esters is 4. The van der Waals surface area contributed by atoms with E-state index < -0.39 is 34.7 Å². The highest BCUT2D eigenvalue weighted by Crippen LogP contribution is 2.45. The normalized spacial score (nSPS) is 16.7. The maximum absolute atomic E-state index is 13.6. The number of rotatable bonds is 18. The highest BCUT2D eigenvalue weighted by atomic mass is 16.6. The Bertz CT molecular complexity index is 1100. The van der Waals surface area contributed by atoms with Crippen molar-refractivity contribution < 1.29 is 38.1 Å². The van der Waals surface area contributed by atoms with Crippen molar-refractivity contribution in [1.29, 1.82) is 0 Å². The summed E-state index contributed by atoms with van der Waals surface area (Å²) in [7, 11) is 0. The minimum atomic E-state index is -1.41. The Hall–Kier alpha value is -3.68. The topological polar surface area (TPSA) is 105 Å². The monoisotopic (exact) mass is 636 g/mol. The number of benzene rings is 2. The van der Waals surface area contributed by atoms with Crippen LogP contribution in [-0.2, 0) is 51.0 Å². The van der Waals surface area contributed by atoms with Crippen molar-refractivity contribution in [2.24, 2.45) is 22.7 Å². The van der Waals surface area contributed by atoms with Gasteiger partial charge in [0.25, 0.3) is 0 Å². The van der Waals surface area contributed by atoms with Crippen LogP contribution >= 0.6 is 0 Å². The van der Waals surface area contributed by atoms with E-state index in [9.17, 15) is 19.2 Å². The molecule has 252 valence electrons. The second-order valence-corrected chi connectivity index (χ2v) is 12.3. The number of aryl methyl sites for hydroxylation is 2. The van der Waals surface area contributed by atoms with Crippen LogP contribution in [-0.4, -0.2) is 50.3 Å². The fraction of sp³-hybridized carbons (Fsp3) is 0.579. The maximum Gasteiger partial charge on any atom is 0.323 e. The Morgan fingerprint density at radius 3 is 1.07 bits per heavy atom. The summed E-state index contributed by atoms with van der Waals surface area (Å²) in [6.45, 7) is 7.66. The molecule has 8 nitrogen and oxygen atoms in total. The Morgan fingerprint density at radius 2 is 0.804 bits per heavy atom. The third-order valence-corrected chi connectivity index (χ3v) is 9.27. The predicted molar refractivity (Wildman–Crippen MR) is 176 cm³/mol. The van der Waals surface area contributed by atoms with Crippen molar-refractivity contribution in [3.05, 3.63) is 71.8 Å². The van der Waals surface area contributed by atoms with Crippen LogP contribution in [0, 0.1) is 22.7 Å². The highest BCUT2D eigenvalue weighted by molar-refractivity contribution is 6.00. The first kappa shape index (κ1) is 36.8. The molecule has 0 saturated heterocycles. The van der Waals surface area contributed by atoms with Gasteiger partial charge in [-0.2, -0.15) is 0 Å². The van der Waals surface area contributed by atoms with Crippen LogP contribution in [0.4, 0.5) is 0 Å². The lowest BCUT2D eigenvalue weighted by molar-refractivity contribution is -0.177. The molecule has 46 heavy (non-hydrogen) atoms. The molecule has 0 amide bonds. The Labute approximate surface area is 274 Å². The minimum Gasteiger partial charge on any atom is -0.465 e. The van der Waals surface area contributed by atoms with Gasteiger partial charge in [-0.25, -0.2) is 0 Å². The molecule has 1 aliphatic rings. The van der Waals surface area contributed by atoms with Crippen LogP contribution < -0.4 is 0 Å². The highest BCUT2D eigenvalue weighted by Gasteiger charge is 2.52. The molecule has 8 heteroatoms. The van der Waals surface area contributed by atoms with Gasteiger partial charge in [-0.05, 0) is 89.2 Å². The lowest BCUT2D eigenvalue weighted by Gasteiger charge is -2.38. The summed E-state index contributed by atoms with van der Waals surface area (Å²) in [6, 6.07) is 19.6. The first-order valence-electron chi connectivity index (χ1n) is 17.0. The SMILES string of the molecule is CCOC(=O)C(CCc1ccccc1)(CC1CCC(CC(CCc2ccccc2)(C(=O)OCC)C(=O)OCC)CC1)C(=O)OCC. The molecule has 2 aromatic carbocycles. The van der Waals surface area contributed by atoms with Gasteiger partial charge in [0.2, 0.25) is 0 Å². The zero-order chi connectivity index (χ0) is 33.4. The molecule has 0 atom stereocenters. The Balaban J connectivity index is 1.82. The van der Waals surface area contributed by atoms with E-state index >= 15 is 0 Å². The lowest BCUT2D eigenvalue weighted by Crippen LogP contribution is -2.45. The molecule has 0 aromatic heterocycles. The number of carbonyl (C=O) groups excluding carboxylic acids is 4. The molecule has 1 aliphatic carbocycles. The molecule has 0 bridgehead atoms. The van der Waals surface area contributed by atoms with Gasteiger partial charge >= 0.3 is 23.9 Å². The van der Waals surface area contributed by atoms with Crippen molar-refractivity contribution >= 4 is 23.9 Å². The van der Waals surface area contributed by atoms with E-state index in [-0.39, 0.29) is 38.3 Å². The van der Waals surface area contributed by atoms with Crippen LogP contribution in [0.3, 0.4) is 0 Å². The van der Waals surface area contributed by atoms with Gasteiger partial charge in [0.15, 0.2) is 10.8 Å². The molecular formula is C38H52O8. The molecule has 0 N–H and O–H groups in total. The van der Waals surface area contributed by atoms with Crippen LogP contribution in [0.2, 0.25) is 0 Å². The number of hydrogen-bond donors (Lipinski definition) is 0. The van der Waals surface area contributed by atoms with Crippen molar-refractivity contribution in [2.45, 2.75) is 91.9 Å². The van der Waals surface area contributed by atoms with E-state index in [4.69, 9.17) is 18.9 Å². The first-order valence-corrected chi connectivity index (χ1v) is 17.0. The summed E-state index contributed by atoms with van der Waals surface area (Å²) in [5.41, 5.74) is -0.744. The Kier molecular flexibility index (Phi) is 14.8. The van der Waals surface area contributed by atoms with E-state index in [1.807, 2.05) is 60.7 Å². The fourth-order valence-electron chi connectivity index (χ4n) is 6.82. The largest absolute Gasteiger partial charge is 0.465 e. The van der Waals surface area contributed by atoms with Crippen LogP contribution in [0.1, 0.15) is 90.2 Å².